The molecule has 2 rings (SSSR count). The average molecular weight is 341 g/mol. The second-order valence-electron chi connectivity index (χ2n) is 4.13. The molecule has 0 radical (unpaired) electrons. The zero-order valence-electron chi connectivity index (χ0n) is 10.2. The molecule has 4 nitrogen and oxygen atoms in total. The number of nitrogens with one attached hydrogen (secondary N) is 1. The van der Waals surface area contributed by atoms with Gasteiger partial charge in [0.15, 0.2) is 0 Å². The fourth-order valence-electron chi connectivity index (χ4n) is 1.55. The number of rotatable bonds is 3. The van der Waals surface area contributed by atoms with Crippen LogP contribution in [0.5, 0.6) is 0 Å². The molecule has 0 unspecified atom stereocenters. The molecule has 0 aromatic heterocycles. The maximum Gasteiger partial charge on any atom is 0.261 e. The van der Waals surface area contributed by atoms with Gasteiger partial charge in [-0.1, -0.05) is 22.0 Å². The summed E-state index contributed by atoms with van der Waals surface area (Å²) in [5.41, 5.74) is 7.47. The van der Waals surface area contributed by atoms with E-state index in [9.17, 15) is 8.42 Å². The van der Waals surface area contributed by atoms with Gasteiger partial charge in [0.2, 0.25) is 0 Å². The number of benzene rings is 2. The minimum atomic E-state index is -3.60. The van der Waals surface area contributed by atoms with Gasteiger partial charge in [-0.15, -0.1) is 0 Å². The molecule has 0 aliphatic rings. The Bertz CT molecular complexity index is 697. The average Bonchev–Trinajstić information content (AvgIpc) is 2.34. The molecule has 2 aromatic rings. The number of nitrogen functional groups attached to an aromatic ring is 1. The van der Waals surface area contributed by atoms with Crippen molar-refractivity contribution < 1.29 is 8.42 Å². The van der Waals surface area contributed by atoms with Crippen LogP contribution in [0.15, 0.2) is 51.8 Å². The number of halogens is 1. The van der Waals surface area contributed by atoms with Crippen molar-refractivity contribution >= 4 is 37.3 Å². The summed E-state index contributed by atoms with van der Waals surface area (Å²) in [6.07, 6.45) is 0. The van der Waals surface area contributed by atoms with Crippen molar-refractivity contribution in [2.75, 3.05) is 10.5 Å². The lowest BCUT2D eigenvalue weighted by Crippen LogP contribution is -2.13. The highest BCUT2D eigenvalue weighted by Crippen LogP contribution is 2.24. The molecule has 6 heteroatoms. The van der Waals surface area contributed by atoms with Gasteiger partial charge in [0.05, 0.1) is 10.6 Å². The van der Waals surface area contributed by atoms with Crippen molar-refractivity contribution in [3.63, 3.8) is 0 Å². The van der Waals surface area contributed by atoms with Crippen LogP contribution in [0, 0.1) is 6.92 Å². The van der Waals surface area contributed by atoms with Gasteiger partial charge in [-0.3, -0.25) is 4.72 Å². The van der Waals surface area contributed by atoms with Gasteiger partial charge in [0.25, 0.3) is 10.0 Å². The molecule has 2 aromatic carbocycles. The smallest absolute Gasteiger partial charge is 0.261 e. The van der Waals surface area contributed by atoms with Crippen LogP contribution in [0.1, 0.15) is 5.56 Å². The van der Waals surface area contributed by atoms with Crippen molar-refractivity contribution in [2.45, 2.75) is 11.8 Å². The highest BCUT2D eigenvalue weighted by molar-refractivity contribution is 9.10. The van der Waals surface area contributed by atoms with Crippen LogP contribution >= 0.6 is 15.9 Å². The van der Waals surface area contributed by atoms with Crippen molar-refractivity contribution in [2.24, 2.45) is 0 Å². The SMILES string of the molecule is Cc1ccc(Br)cc1NS(=O)(=O)c1ccc(N)cc1. The summed E-state index contributed by atoms with van der Waals surface area (Å²) in [7, 11) is -3.60. The summed E-state index contributed by atoms with van der Waals surface area (Å²) < 4.78 is 27.8. The van der Waals surface area contributed by atoms with Crippen LogP contribution in [0.4, 0.5) is 11.4 Å². The number of anilines is 2. The fourth-order valence-corrected chi connectivity index (χ4v) is 3.04. The van der Waals surface area contributed by atoms with Crippen LogP contribution in [0.2, 0.25) is 0 Å². The summed E-state index contributed by atoms with van der Waals surface area (Å²) in [6, 6.07) is 11.5. The Hall–Kier alpha value is -1.53. The molecule has 0 aliphatic heterocycles. The minimum absolute atomic E-state index is 0.182. The monoisotopic (exact) mass is 340 g/mol. The third-order valence-corrected chi connectivity index (χ3v) is 4.51. The van der Waals surface area contributed by atoms with E-state index in [1.807, 2.05) is 19.1 Å². The number of hydrogen-bond acceptors (Lipinski definition) is 3. The maximum absolute atomic E-state index is 12.2. The number of hydrogen-bond donors (Lipinski definition) is 2. The van der Waals surface area contributed by atoms with E-state index in [2.05, 4.69) is 20.7 Å². The van der Waals surface area contributed by atoms with E-state index in [-0.39, 0.29) is 4.90 Å². The topological polar surface area (TPSA) is 72.2 Å². The summed E-state index contributed by atoms with van der Waals surface area (Å²) in [4.78, 5) is 0.182. The van der Waals surface area contributed by atoms with Gasteiger partial charge in [0.1, 0.15) is 0 Å². The van der Waals surface area contributed by atoms with Gasteiger partial charge in [0, 0.05) is 10.2 Å². The van der Waals surface area contributed by atoms with E-state index in [1.54, 1.807) is 18.2 Å². The summed E-state index contributed by atoms with van der Waals surface area (Å²) in [6.45, 7) is 1.84. The second-order valence-corrected chi connectivity index (χ2v) is 6.73. The lowest BCUT2D eigenvalue weighted by molar-refractivity contribution is 0.601. The molecule has 0 atom stereocenters. The lowest BCUT2D eigenvalue weighted by Gasteiger charge is -2.11. The molecule has 0 amide bonds. The highest BCUT2D eigenvalue weighted by atomic mass is 79.9. The van der Waals surface area contributed by atoms with Crippen molar-refractivity contribution in [1.82, 2.24) is 0 Å². The van der Waals surface area contributed by atoms with Crippen LogP contribution < -0.4 is 10.5 Å². The minimum Gasteiger partial charge on any atom is -0.399 e. The van der Waals surface area contributed by atoms with Crippen molar-refractivity contribution in [3.05, 3.63) is 52.5 Å². The molecular weight excluding hydrogens is 328 g/mol. The van der Waals surface area contributed by atoms with Crippen LogP contribution in [0.3, 0.4) is 0 Å². The summed E-state index contributed by atoms with van der Waals surface area (Å²) in [5, 5.41) is 0. The normalized spacial score (nSPS) is 11.3. The molecule has 0 saturated carbocycles. The number of sulfonamides is 1. The molecule has 19 heavy (non-hydrogen) atoms. The zero-order chi connectivity index (χ0) is 14.0. The van der Waals surface area contributed by atoms with Gasteiger partial charge in [-0.05, 0) is 48.9 Å². The Labute approximate surface area is 120 Å². The Morgan fingerprint density at radius 2 is 1.74 bits per heavy atom. The molecule has 0 bridgehead atoms. The molecule has 100 valence electrons. The highest BCUT2D eigenvalue weighted by Gasteiger charge is 2.15. The van der Waals surface area contributed by atoms with Crippen LogP contribution in [-0.4, -0.2) is 8.42 Å². The van der Waals surface area contributed by atoms with E-state index in [1.165, 1.54) is 12.1 Å². The van der Waals surface area contributed by atoms with E-state index >= 15 is 0 Å². The molecule has 0 heterocycles. The quantitative estimate of drug-likeness (QED) is 0.843. The van der Waals surface area contributed by atoms with E-state index in [0.29, 0.717) is 11.4 Å². The Kier molecular flexibility index (Phi) is 3.82. The third kappa shape index (κ3) is 3.27. The molecule has 0 saturated heterocycles. The van der Waals surface area contributed by atoms with Crippen molar-refractivity contribution in [1.29, 1.82) is 0 Å². The van der Waals surface area contributed by atoms with Gasteiger partial charge >= 0.3 is 0 Å². The van der Waals surface area contributed by atoms with Gasteiger partial charge in [-0.2, -0.15) is 0 Å². The van der Waals surface area contributed by atoms with E-state index in [4.69, 9.17) is 5.73 Å². The first-order valence-electron chi connectivity index (χ1n) is 5.53. The Balaban J connectivity index is 2.36. The van der Waals surface area contributed by atoms with Crippen molar-refractivity contribution in [3.8, 4) is 0 Å². The van der Waals surface area contributed by atoms with Gasteiger partial charge < -0.3 is 5.73 Å². The third-order valence-electron chi connectivity index (χ3n) is 2.63. The number of nitrogens with two attached hydrogens (primary N) is 1. The predicted octanol–water partition coefficient (Wildman–Crippen LogP) is 3.14. The zero-order valence-corrected chi connectivity index (χ0v) is 12.6. The van der Waals surface area contributed by atoms with Crippen LogP contribution in [0.25, 0.3) is 0 Å². The standard InChI is InChI=1S/C13H13BrN2O2S/c1-9-2-3-10(14)8-13(9)16-19(17,18)12-6-4-11(15)5-7-12/h2-8,16H,15H2,1H3. The van der Waals surface area contributed by atoms with Crippen LogP contribution in [-0.2, 0) is 10.0 Å². The van der Waals surface area contributed by atoms with E-state index in [0.717, 1.165) is 10.0 Å². The molecular formula is C13H13BrN2O2S. The molecule has 3 N–H and O–H groups in total. The molecule has 0 aliphatic carbocycles. The first-order valence-corrected chi connectivity index (χ1v) is 7.80. The predicted molar refractivity (Wildman–Crippen MR) is 80.5 cm³/mol. The Morgan fingerprint density at radius 3 is 2.37 bits per heavy atom. The molecule has 0 fully saturated rings. The first-order chi connectivity index (χ1) is 8.88. The summed E-state index contributed by atoms with van der Waals surface area (Å²) >= 11 is 3.32. The first kappa shape index (κ1) is 13.9. The maximum atomic E-state index is 12.2. The molecule has 0 spiro atoms. The number of aryl methyl sites for hydroxylation is 1. The second kappa shape index (κ2) is 5.22. The van der Waals surface area contributed by atoms with Gasteiger partial charge in [-0.25, -0.2) is 8.42 Å². The Morgan fingerprint density at radius 1 is 1.11 bits per heavy atom. The lowest BCUT2D eigenvalue weighted by atomic mass is 10.2. The largest absolute Gasteiger partial charge is 0.399 e. The van der Waals surface area contributed by atoms with E-state index < -0.39 is 10.0 Å². The summed E-state index contributed by atoms with van der Waals surface area (Å²) in [5.74, 6) is 0. The fraction of sp³-hybridized carbons (Fsp3) is 0.0769.